The van der Waals surface area contributed by atoms with Crippen LogP contribution in [0.4, 0.5) is 17.6 Å². The number of alkyl halides is 3. The number of rotatable bonds is 5. The Hall–Kier alpha value is -1.75. The largest absolute Gasteiger partial charge is 0.401 e. The fourth-order valence-corrected chi connectivity index (χ4v) is 2.51. The third kappa shape index (κ3) is 4.91. The molecule has 11 heteroatoms. The molecule has 1 amide bonds. The molecule has 1 atom stereocenters. The second-order valence-electron chi connectivity index (χ2n) is 4.47. The Balaban J connectivity index is 2.86. The van der Waals surface area contributed by atoms with E-state index < -0.39 is 45.5 Å². The van der Waals surface area contributed by atoms with E-state index in [1.165, 1.54) is 4.72 Å². The van der Waals surface area contributed by atoms with Gasteiger partial charge in [-0.05, 0) is 26.1 Å². The van der Waals surface area contributed by atoms with Crippen molar-refractivity contribution in [1.82, 2.24) is 14.6 Å². The third-order valence-corrected chi connectivity index (χ3v) is 3.96. The molecule has 1 rings (SSSR count). The molecule has 0 saturated heterocycles. The highest BCUT2D eigenvalue weighted by Gasteiger charge is 2.34. The fraction of sp³-hybridized carbons (Fsp3) is 0.455. The van der Waals surface area contributed by atoms with Crippen molar-refractivity contribution >= 4 is 15.9 Å². The molecule has 1 heterocycles. The summed E-state index contributed by atoms with van der Waals surface area (Å²) < 4.78 is 75.2. The van der Waals surface area contributed by atoms with Gasteiger partial charge >= 0.3 is 6.18 Å². The number of carbonyl (C=O) groups excluding carboxylic acids is 1. The first-order chi connectivity index (χ1) is 9.94. The fourth-order valence-electron chi connectivity index (χ4n) is 1.45. The molecule has 0 aliphatic carbocycles. The number of halogens is 4. The number of sulfonamides is 1. The molecular weight excluding hydrogens is 330 g/mol. The average molecular weight is 343 g/mol. The first kappa shape index (κ1) is 18.3. The van der Waals surface area contributed by atoms with Gasteiger partial charge < -0.3 is 0 Å². The van der Waals surface area contributed by atoms with Crippen molar-refractivity contribution in [3.63, 3.8) is 0 Å². The first-order valence-corrected chi connectivity index (χ1v) is 7.36. The predicted octanol–water partition coefficient (Wildman–Crippen LogP) is 0.908. The van der Waals surface area contributed by atoms with Crippen LogP contribution in [0.5, 0.6) is 0 Å². The van der Waals surface area contributed by atoms with E-state index >= 15 is 0 Å². The number of hydrogen-bond acceptors (Lipinski definition) is 5. The number of carbonyl (C=O) groups is 1. The van der Waals surface area contributed by atoms with Gasteiger partial charge in [0, 0.05) is 6.20 Å². The summed E-state index contributed by atoms with van der Waals surface area (Å²) in [6, 6.07) is 0.574. The number of aromatic nitrogens is 1. The summed E-state index contributed by atoms with van der Waals surface area (Å²) in [6.45, 7) is -0.315. The third-order valence-electron chi connectivity index (χ3n) is 2.68. The van der Waals surface area contributed by atoms with Crippen molar-refractivity contribution in [3.8, 4) is 0 Å². The zero-order valence-corrected chi connectivity index (χ0v) is 12.4. The van der Waals surface area contributed by atoms with Gasteiger partial charge in [0.1, 0.15) is 0 Å². The lowest BCUT2D eigenvalue weighted by Crippen LogP contribution is -2.48. The molecule has 0 aromatic carbocycles. The Morgan fingerprint density at radius 2 is 2.05 bits per heavy atom. The maximum absolute atomic E-state index is 13.4. The van der Waals surface area contributed by atoms with Crippen LogP contribution in [-0.4, -0.2) is 50.0 Å². The first-order valence-electron chi connectivity index (χ1n) is 5.88. The maximum atomic E-state index is 13.4. The molecule has 0 aliphatic heterocycles. The standard InChI is InChI=1S/C11H13F4N3O3S/c1-7(18(2)6-11(13,14)15)9(19)17-22(20,21)10-8(12)4-3-5-16-10/h3-5,7H,6H2,1-2H3,(H,17,19). The summed E-state index contributed by atoms with van der Waals surface area (Å²) in [6.07, 6.45) is -3.55. The minimum Gasteiger partial charge on any atom is -0.287 e. The van der Waals surface area contributed by atoms with E-state index in [9.17, 15) is 30.8 Å². The number of pyridine rings is 1. The van der Waals surface area contributed by atoms with Crippen LogP contribution in [-0.2, 0) is 14.8 Å². The molecule has 1 aromatic heterocycles. The van der Waals surface area contributed by atoms with E-state index in [0.717, 1.165) is 32.3 Å². The molecule has 0 saturated carbocycles. The number of nitrogens with one attached hydrogen (secondary N) is 1. The van der Waals surface area contributed by atoms with Gasteiger partial charge in [-0.2, -0.15) is 21.6 Å². The monoisotopic (exact) mass is 343 g/mol. The molecule has 0 fully saturated rings. The van der Waals surface area contributed by atoms with Crippen molar-refractivity contribution in [2.75, 3.05) is 13.6 Å². The molecule has 124 valence electrons. The lowest BCUT2D eigenvalue weighted by atomic mass is 10.3. The van der Waals surface area contributed by atoms with Crippen molar-refractivity contribution in [2.24, 2.45) is 0 Å². The quantitative estimate of drug-likeness (QED) is 0.804. The van der Waals surface area contributed by atoms with Gasteiger partial charge in [0.15, 0.2) is 5.82 Å². The van der Waals surface area contributed by atoms with Crippen LogP contribution in [0, 0.1) is 5.82 Å². The highest BCUT2D eigenvalue weighted by molar-refractivity contribution is 7.90. The average Bonchev–Trinajstić information content (AvgIpc) is 2.35. The SMILES string of the molecule is CC(C(=O)NS(=O)(=O)c1ncccc1F)N(C)CC(F)(F)F. The molecule has 1 N–H and O–H groups in total. The Kier molecular flexibility index (Phi) is 5.46. The highest BCUT2D eigenvalue weighted by atomic mass is 32.2. The van der Waals surface area contributed by atoms with E-state index in [-0.39, 0.29) is 0 Å². The van der Waals surface area contributed by atoms with Gasteiger partial charge in [-0.3, -0.25) is 9.69 Å². The Bertz CT molecular complexity index is 648. The Morgan fingerprint density at radius 1 is 1.45 bits per heavy atom. The normalized spacial score (nSPS) is 14.0. The zero-order valence-electron chi connectivity index (χ0n) is 11.6. The molecule has 1 aromatic rings. The van der Waals surface area contributed by atoms with E-state index in [4.69, 9.17) is 0 Å². The van der Waals surface area contributed by atoms with E-state index in [1.54, 1.807) is 0 Å². The summed E-state index contributed by atoms with van der Waals surface area (Å²) in [5, 5.41) is -1.01. The Morgan fingerprint density at radius 3 is 2.55 bits per heavy atom. The predicted molar refractivity (Wildman–Crippen MR) is 67.7 cm³/mol. The lowest BCUT2D eigenvalue weighted by molar-refractivity contribution is -0.150. The molecule has 0 spiro atoms. The van der Waals surface area contributed by atoms with Crippen molar-refractivity contribution in [2.45, 2.75) is 24.2 Å². The minimum absolute atomic E-state index is 0.611. The number of likely N-dealkylation sites (N-methyl/N-ethyl adjacent to an activating group) is 1. The smallest absolute Gasteiger partial charge is 0.287 e. The highest BCUT2D eigenvalue weighted by Crippen LogP contribution is 2.17. The Labute approximate surface area is 124 Å². The second kappa shape index (κ2) is 6.57. The number of nitrogens with zero attached hydrogens (tertiary/aromatic N) is 2. The summed E-state index contributed by atoms with van der Waals surface area (Å²) in [7, 11) is -3.60. The van der Waals surface area contributed by atoms with Crippen LogP contribution in [0.25, 0.3) is 0 Å². The summed E-state index contributed by atoms with van der Waals surface area (Å²) >= 11 is 0. The van der Waals surface area contributed by atoms with Crippen LogP contribution in [0.2, 0.25) is 0 Å². The summed E-state index contributed by atoms with van der Waals surface area (Å²) in [5.74, 6) is -2.41. The van der Waals surface area contributed by atoms with Crippen LogP contribution in [0.3, 0.4) is 0 Å². The van der Waals surface area contributed by atoms with E-state index in [2.05, 4.69) is 4.98 Å². The molecule has 0 bridgehead atoms. The van der Waals surface area contributed by atoms with Gasteiger partial charge in [-0.1, -0.05) is 0 Å². The van der Waals surface area contributed by atoms with E-state index in [0.29, 0.717) is 4.90 Å². The minimum atomic E-state index is -4.61. The van der Waals surface area contributed by atoms with Gasteiger partial charge in [0.25, 0.3) is 15.9 Å². The second-order valence-corrected chi connectivity index (χ2v) is 6.06. The number of hydrogen-bond donors (Lipinski definition) is 1. The van der Waals surface area contributed by atoms with Crippen molar-refractivity contribution < 1.29 is 30.8 Å². The van der Waals surface area contributed by atoms with Crippen LogP contribution < -0.4 is 4.72 Å². The van der Waals surface area contributed by atoms with Crippen LogP contribution in [0.1, 0.15) is 6.92 Å². The van der Waals surface area contributed by atoms with Gasteiger partial charge in [-0.25, -0.2) is 14.1 Å². The summed E-state index contributed by atoms with van der Waals surface area (Å²) in [5.41, 5.74) is 0. The van der Waals surface area contributed by atoms with Crippen LogP contribution in [0.15, 0.2) is 23.4 Å². The molecule has 0 radical (unpaired) electrons. The molecule has 1 unspecified atom stereocenters. The summed E-state index contributed by atoms with van der Waals surface area (Å²) in [4.78, 5) is 15.6. The molecule has 22 heavy (non-hydrogen) atoms. The van der Waals surface area contributed by atoms with Crippen molar-refractivity contribution in [1.29, 1.82) is 0 Å². The lowest BCUT2D eigenvalue weighted by Gasteiger charge is -2.24. The van der Waals surface area contributed by atoms with Crippen LogP contribution >= 0.6 is 0 Å². The van der Waals surface area contributed by atoms with Gasteiger partial charge in [0.05, 0.1) is 12.6 Å². The number of amides is 1. The van der Waals surface area contributed by atoms with Gasteiger partial charge in [0.2, 0.25) is 5.03 Å². The maximum Gasteiger partial charge on any atom is 0.401 e. The molecular formula is C11H13F4N3O3S. The molecule has 0 aliphatic rings. The van der Waals surface area contributed by atoms with E-state index in [1.807, 2.05) is 0 Å². The van der Waals surface area contributed by atoms with Gasteiger partial charge in [-0.15, -0.1) is 0 Å². The molecule has 6 nitrogen and oxygen atoms in total. The van der Waals surface area contributed by atoms with Crippen molar-refractivity contribution in [3.05, 3.63) is 24.1 Å². The topological polar surface area (TPSA) is 79.4 Å². The zero-order chi connectivity index (χ0) is 17.1.